The lowest BCUT2D eigenvalue weighted by Crippen LogP contribution is -2.46. The Morgan fingerprint density at radius 1 is 1.44 bits per heavy atom. The maximum atomic E-state index is 12.3. The molecule has 2 aliphatic rings. The highest BCUT2D eigenvalue weighted by Crippen LogP contribution is 2.48. The smallest absolute Gasteiger partial charge is 0.227 e. The molecule has 0 radical (unpaired) electrons. The van der Waals surface area contributed by atoms with Crippen molar-refractivity contribution in [3.05, 3.63) is 0 Å². The molecule has 0 aliphatic heterocycles. The monoisotopic (exact) mass is 276 g/mol. The molecule has 0 spiro atoms. The maximum Gasteiger partial charge on any atom is 0.227 e. The molecule has 0 aromatic rings. The van der Waals surface area contributed by atoms with Crippen LogP contribution in [-0.2, 0) is 4.79 Å². The molecule has 18 heavy (non-hydrogen) atoms. The van der Waals surface area contributed by atoms with Crippen LogP contribution in [-0.4, -0.2) is 41.7 Å². The second-order valence-corrected chi connectivity index (χ2v) is 5.83. The maximum absolute atomic E-state index is 12.3. The molecule has 2 rings (SSSR count). The lowest BCUT2D eigenvalue weighted by atomic mass is 9.84. The Morgan fingerprint density at radius 2 is 2.06 bits per heavy atom. The van der Waals surface area contributed by atoms with Gasteiger partial charge < -0.3 is 15.7 Å². The van der Waals surface area contributed by atoms with Gasteiger partial charge in [-0.05, 0) is 44.4 Å². The van der Waals surface area contributed by atoms with Gasteiger partial charge in [0.1, 0.15) is 0 Å². The molecule has 2 bridgehead atoms. The summed E-state index contributed by atoms with van der Waals surface area (Å²) in [5, 5.41) is 9.24. The van der Waals surface area contributed by atoms with Gasteiger partial charge in [0.05, 0.1) is 12.0 Å². The third-order valence-electron chi connectivity index (χ3n) is 4.52. The Labute approximate surface area is 115 Å². The fourth-order valence-corrected chi connectivity index (χ4v) is 3.45. The molecule has 0 aromatic carbocycles. The van der Waals surface area contributed by atoms with E-state index in [4.69, 9.17) is 5.73 Å². The van der Waals surface area contributed by atoms with Crippen molar-refractivity contribution >= 4 is 18.3 Å². The molecule has 5 unspecified atom stereocenters. The summed E-state index contributed by atoms with van der Waals surface area (Å²) in [6.07, 6.45) is 3.80. The Kier molecular flexibility index (Phi) is 5.44. The highest BCUT2D eigenvalue weighted by Gasteiger charge is 2.49. The van der Waals surface area contributed by atoms with Crippen LogP contribution in [0.4, 0.5) is 0 Å². The van der Waals surface area contributed by atoms with Crippen molar-refractivity contribution in [1.82, 2.24) is 4.90 Å². The number of rotatable bonds is 4. The minimum Gasteiger partial charge on any atom is -0.393 e. The SMILES string of the molecule is CC(O)CCN(C)C(=O)C1C2CCC(C2)C1N.Cl. The number of carbonyl (C=O) groups excluding carboxylic acids is 1. The Hall–Kier alpha value is -0.320. The van der Waals surface area contributed by atoms with E-state index < -0.39 is 0 Å². The average Bonchev–Trinajstić information content (AvgIpc) is 2.85. The van der Waals surface area contributed by atoms with Gasteiger partial charge in [-0.25, -0.2) is 0 Å². The van der Waals surface area contributed by atoms with E-state index in [0.717, 1.165) is 6.42 Å². The highest BCUT2D eigenvalue weighted by molar-refractivity contribution is 5.85. The molecule has 1 amide bonds. The van der Waals surface area contributed by atoms with E-state index in [1.807, 2.05) is 7.05 Å². The Bertz CT molecular complexity index is 297. The summed E-state index contributed by atoms with van der Waals surface area (Å²) in [5.74, 6) is 1.30. The largest absolute Gasteiger partial charge is 0.393 e. The first kappa shape index (κ1) is 15.7. The van der Waals surface area contributed by atoms with E-state index in [9.17, 15) is 9.90 Å². The molecule has 3 N–H and O–H groups in total. The third-order valence-corrected chi connectivity index (χ3v) is 4.52. The van der Waals surface area contributed by atoms with Crippen LogP contribution in [0.1, 0.15) is 32.6 Å². The van der Waals surface area contributed by atoms with Gasteiger partial charge in [-0.1, -0.05) is 0 Å². The van der Waals surface area contributed by atoms with Crippen LogP contribution in [0.3, 0.4) is 0 Å². The normalized spacial score (nSPS) is 35.1. The van der Waals surface area contributed by atoms with Crippen LogP contribution < -0.4 is 5.73 Å². The molecule has 106 valence electrons. The molecule has 2 aliphatic carbocycles. The second-order valence-electron chi connectivity index (χ2n) is 5.83. The van der Waals surface area contributed by atoms with Crippen molar-refractivity contribution < 1.29 is 9.90 Å². The van der Waals surface area contributed by atoms with Gasteiger partial charge in [0.2, 0.25) is 5.91 Å². The Morgan fingerprint density at radius 3 is 2.56 bits per heavy atom. The lowest BCUT2D eigenvalue weighted by Gasteiger charge is -2.31. The number of halogens is 1. The number of carbonyl (C=O) groups is 1. The van der Waals surface area contributed by atoms with Crippen LogP contribution in [0.25, 0.3) is 0 Å². The topological polar surface area (TPSA) is 66.6 Å². The van der Waals surface area contributed by atoms with Crippen LogP contribution >= 0.6 is 12.4 Å². The summed E-state index contributed by atoms with van der Waals surface area (Å²) >= 11 is 0. The van der Waals surface area contributed by atoms with Crippen LogP contribution in [0.2, 0.25) is 0 Å². The molecule has 2 saturated carbocycles. The molecule has 0 aromatic heterocycles. The van der Waals surface area contributed by atoms with Crippen molar-refractivity contribution in [2.45, 2.75) is 44.8 Å². The minimum absolute atomic E-state index is 0. The van der Waals surface area contributed by atoms with Gasteiger partial charge in [-0.2, -0.15) is 0 Å². The zero-order valence-electron chi connectivity index (χ0n) is 11.2. The van der Waals surface area contributed by atoms with Gasteiger partial charge in [0.15, 0.2) is 0 Å². The quantitative estimate of drug-likeness (QED) is 0.805. The van der Waals surface area contributed by atoms with Crippen molar-refractivity contribution in [2.75, 3.05) is 13.6 Å². The first-order valence-corrected chi connectivity index (χ1v) is 6.69. The molecule has 4 nitrogen and oxygen atoms in total. The van der Waals surface area contributed by atoms with Gasteiger partial charge in [0, 0.05) is 19.6 Å². The van der Waals surface area contributed by atoms with Crippen LogP contribution in [0, 0.1) is 17.8 Å². The van der Waals surface area contributed by atoms with E-state index in [0.29, 0.717) is 24.8 Å². The fraction of sp³-hybridized carbons (Fsp3) is 0.923. The van der Waals surface area contributed by atoms with Crippen LogP contribution in [0.5, 0.6) is 0 Å². The van der Waals surface area contributed by atoms with Crippen molar-refractivity contribution in [2.24, 2.45) is 23.5 Å². The van der Waals surface area contributed by atoms with E-state index in [1.54, 1.807) is 11.8 Å². The second kappa shape index (κ2) is 6.22. The third kappa shape index (κ3) is 2.98. The van der Waals surface area contributed by atoms with E-state index in [-0.39, 0.29) is 36.4 Å². The number of hydrogen-bond donors (Lipinski definition) is 2. The van der Waals surface area contributed by atoms with Crippen LogP contribution in [0.15, 0.2) is 0 Å². The molecule has 0 heterocycles. The minimum atomic E-state index is -0.348. The number of aliphatic hydroxyl groups is 1. The summed E-state index contributed by atoms with van der Waals surface area (Å²) in [7, 11) is 1.82. The standard InChI is InChI=1S/C13H24N2O2.ClH/c1-8(16)5-6-15(2)13(17)11-9-3-4-10(7-9)12(11)14;/h8-12,16H,3-7,14H2,1-2H3;1H. The number of nitrogens with two attached hydrogens (primary N) is 1. The molecule has 0 saturated heterocycles. The molecule has 2 fully saturated rings. The highest BCUT2D eigenvalue weighted by atomic mass is 35.5. The van der Waals surface area contributed by atoms with Crippen molar-refractivity contribution in [1.29, 1.82) is 0 Å². The molecular weight excluding hydrogens is 252 g/mol. The number of amides is 1. The fourth-order valence-electron chi connectivity index (χ4n) is 3.45. The molecule has 5 atom stereocenters. The first-order valence-electron chi connectivity index (χ1n) is 6.69. The van der Waals surface area contributed by atoms with Crippen molar-refractivity contribution in [3.63, 3.8) is 0 Å². The number of hydrogen-bond acceptors (Lipinski definition) is 3. The lowest BCUT2D eigenvalue weighted by molar-refractivity contribution is -0.136. The predicted octanol–water partition coefficient (Wildman–Crippen LogP) is 1.01. The van der Waals surface area contributed by atoms with Crippen molar-refractivity contribution in [3.8, 4) is 0 Å². The zero-order chi connectivity index (χ0) is 12.6. The number of fused-ring (bicyclic) bond motifs is 2. The zero-order valence-corrected chi connectivity index (χ0v) is 12.0. The van der Waals surface area contributed by atoms with E-state index in [2.05, 4.69) is 0 Å². The number of nitrogens with zero attached hydrogens (tertiary/aromatic N) is 1. The predicted molar refractivity (Wildman–Crippen MR) is 73.5 cm³/mol. The van der Waals surface area contributed by atoms with E-state index >= 15 is 0 Å². The first-order chi connectivity index (χ1) is 8.00. The average molecular weight is 277 g/mol. The van der Waals surface area contributed by atoms with E-state index in [1.165, 1.54) is 12.8 Å². The number of aliphatic hydroxyl groups excluding tert-OH is 1. The van der Waals surface area contributed by atoms with Gasteiger partial charge >= 0.3 is 0 Å². The summed E-state index contributed by atoms with van der Waals surface area (Å²) in [6.45, 7) is 2.37. The summed E-state index contributed by atoms with van der Waals surface area (Å²) in [4.78, 5) is 14.1. The Balaban J connectivity index is 0.00000162. The molecule has 5 heteroatoms. The van der Waals surface area contributed by atoms with Gasteiger partial charge in [-0.15, -0.1) is 12.4 Å². The summed E-state index contributed by atoms with van der Waals surface area (Å²) in [6, 6.07) is 0.0650. The van der Waals surface area contributed by atoms with Gasteiger partial charge in [-0.3, -0.25) is 4.79 Å². The molecular formula is C13H25ClN2O2. The van der Waals surface area contributed by atoms with Gasteiger partial charge in [0.25, 0.3) is 0 Å². The summed E-state index contributed by atoms with van der Waals surface area (Å²) < 4.78 is 0. The summed E-state index contributed by atoms with van der Waals surface area (Å²) in [5.41, 5.74) is 6.16.